The quantitative estimate of drug-likeness (QED) is 0.732. The summed E-state index contributed by atoms with van der Waals surface area (Å²) in [6.07, 6.45) is 0. The van der Waals surface area contributed by atoms with Gasteiger partial charge in [0.25, 0.3) is 0 Å². The summed E-state index contributed by atoms with van der Waals surface area (Å²) in [6.45, 7) is 6.40. The SMILES string of the molecule is Cc1cc(Br)c2c(c1)C1NC(=S)N(C)C(C)(O2)C1C. The minimum absolute atomic E-state index is 0.202. The van der Waals surface area contributed by atoms with E-state index in [1.807, 2.05) is 11.9 Å². The van der Waals surface area contributed by atoms with Crippen molar-refractivity contribution in [2.45, 2.75) is 32.5 Å². The number of nitrogens with zero attached hydrogens (tertiary/aromatic N) is 1. The Kier molecular flexibility index (Phi) is 2.84. The summed E-state index contributed by atoms with van der Waals surface area (Å²) in [7, 11) is 1.98. The molecule has 3 atom stereocenters. The van der Waals surface area contributed by atoms with Gasteiger partial charge in [-0.1, -0.05) is 13.0 Å². The van der Waals surface area contributed by atoms with Crippen molar-refractivity contribution in [1.82, 2.24) is 10.2 Å². The molecule has 0 radical (unpaired) electrons. The minimum atomic E-state index is -0.405. The third-order valence-electron chi connectivity index (χ3n) is 4.45. The second-order valence-corrected chi connectivity index (χ2v) is 6.84. The summed E-state index contributed by atoms with van der Waals surface area (Å²) in [4.78, 5) is 2.01. The number of aryl methyl sites for hydroxylation is 1. The van der Waals surface area contributed by atoms with E-state index in [9.17, 15) is 0 Å². The van der Waals surface area contributed by atoms with Crippen molar-refractivity contribution < 1.29 is 4.74 Å². The van der Waals surface area contributed by atoms with Crippen molar-refractivity contribution >= 4 is 33.3 Å². The van der Waals surface area contributed by atoms with Gasteiger partial charge in [-0.2, -0.15) is 0 Å². The van der Waals surface area contributed by atoms with Crippen LogP contribution in [0.15, 0.2) is 16.6 Å². The van der Waals surface area contributed by atoms with Gasteiger partial charge in [0.15, 0.2) is 10.8 Å². The van der Waals surface area contributed by atoms with Crippen LogP contribution in [0.25, 0.3) is 0 Å². The van der Waals surface area contributed by atoms with Crippen LogP contribution in [0.3, 0.4) is 0 Å². The number of thiocarbonyl (C=S) groups is 1. The summed E-state index contributed by atoms with van der Waals surface area (Å²) in [6, 6.07) is 4.47. The van der Waals surface area contributed by atoms with Gasteiger partial charge in [0.2, 0.25) is 0 Å². The second kappa shape index (κ2) is 4.09. The zero-order chi connectivity index (χ0) is 13.9. The number of fused-ring (bicyclic) bond motifs is 4. The molecule has 3 rings (SSSR count). The lowest BCUT2D eigenvalue weighted by molar-refractivity contribution is -0.100. The lowest BCUT2D eigenvalue weighted by atomic mass is 9.81. The van der Waals surface area contributed by atoms with E-state index in [1.165, 1.54) is 11.1 Å². The molecule has 2 aliphatic heterocycles. The van der Waals surface area contributed by atoms with E-state index >= 15 is 0 Å². The molecule has 2 bridgehead atoms. The summed E-state index contributed by atoms with van der Waals surface area (Å²) >= 11 is 9.04. The van der Waals surface area contributed by atoms with Gasteiger partial charge >= 0.3 is 0 Å². The molecule has 102 valence electrons. The van der Waals surface area contributed by atoms with Gasteiger partial charge in [-0.25, -0.2) is 0 Å². The van der Waals surface area contributed by atoms with E-state index in [4.69, 9.17) is 17.0 Å². The first kappa shape index (κ1) is 13.2. The molecular weight excluding hydrogens is 324 g/mol. The molecule has 2 heterocycles. The molecule has 0 saturated carbocycles. The van der Waals surface area contributed by atoms with Crippen LogP contribution in [0.1, 0.15) is 31.0 Å². The number of nitrogens with one attached hydrogen (secondary N) is 1. The Labute approximate surface area is 127 Å². The zero-order valence-electron chi connectivity index (χ0n) is 11.5. The highest BCUT2D eigenvalue weighted by molar-refractivity contribution is 9.10. The van der Waals surface area contributed by atoms with Gasteiger partial charge in [0, 0.05) is 18.5 Å². The van der Waals surface area contributed by atoms with Gasteiger partial charge < -0.3 is 15.0 Å². The second-order valence-electron chi connectivity index (χ2n) is 5.60. The molecule has 1 N–H and O–H groups in total. The van der Waals surface area contributed by atoms with E-state index in [1.54, 1.807) is 0 Å². The standard InChI is InChI=1S/C14H17BrN2OS/c1-7-5-9-11-8(2)14(3,17(4)13(19)16-11)18-12(9)10(15)6-7/h5-6,8,11H,1-4H3,(H,16,19). The topological polar surface area (TPSA) is 24.5 Å². The van der Waals surface area contributed by atoms with Crippen LogP contribution in [0.5, 0.6) is 5.75 Å². The maximum atomic E-state index is 6.32. The predicted molar refractivity (Wildman–Crippen MR) is 83.3 cm³/mol. The number of rotatable bonds is 0. The Morgan fingerprint density at radius 1 is 1.47 bits per heavy atom. The van der Waals surface area contributed by atoms with Crippen molar-refractivity contribution in [2.75, 3.05) is 7.05 Å². The third kappa shape index (κ3) is 1.71. The Morgan fingerprint density at radius 2 is 2.16 bits per heavy atom. The fourth-order valence-electron chi connectivity index (χ4n) is 2.98. The zero-order valence-corrected chi connectivity index (χ0v) is 13.9. The molecular formula is C14H17BrN2OS. The van der Waals surface area contributed by atoms with Crippen LogP contribution < -0.4 is 10.1 Å². The van der Waals surface area contributed by atoms with Crippen molar-refractivity contribution in [1.29, 1.82) is 0 Å². The summed E-state index contributed by atoms with van der Waals surface area (Å²) in [5.74, 6) is 1.24. The maximum Gasteiger partial charge on any atom is 0.186 e. The van der Waals surface area contributed by atoms with Crippen molar-refractivity contribution in [3.05, 3.63) is 27.7 Å². The summed E-state index contributed by atoms with van der Waals surface area (Å²) in [5, 5.41) is 4.18. The van der Waals surface area contributed by atoms with Crippen LogP contribution in [0.4, 0.5) is 0 Å². The van der Waals surface area contributed by atoms with Crippen LogP contribution in [-0.4, -0.2) is 22.8 Å². The Morgan fingerprint density at radius 3 is 2.84 bits per heavy atom. The molecule has 3 nitrogen and oxygen atoms in total. The van der Waals surface area contributed by atoms with E-state index in [-0.39, 0.29) is 6.04 Å². The maximum absolute atomic E-state index is 6.32. The molecule has 2 aliphatic rings. The van der Waals surface area contributed by atoms with E-state index < -0.39 is 5.72 Å². The molecule has 1 aromatic rings. The monoisotopic (exact) mass is 340 g/mol. The minimum Gasteiger partial charge on any atom is -0.466 e. The molecule has 0 spiro atoms. The smallest absolute Gasteiger partial charge is 0.186 e. The number of hydrogen-bond acceptors (Lipinski definition) is 2. The number of halogens is 1. The first-order valence-electron chi connectivity index (χ1n) is 6.38. The normalized spacial score (nSPS) is 32.5. The van der Waals surface area contributed by atoms with Gasteiger partial charge in [-0.15, -0.1) is 0 Å². The lowest BCUT2D eigenvalue weighted by Gasteiger charge is -2.55. The van der Waals surface area contributed by atoms with Gasteiger partial charge in [0.05, 0.1) is 10.5 Å². The number of ether oxygens (including phenoxy) is 1. The average molecular weight is 341 g/mol. The molecule has 19 heavy (non-hydrogen) atoms. The van der Waals surface area contributed by atoms with Crippen molar-refractivity contribution in [3.8, 4) is 5.75 Å². The van der Waals surface area contributed by atoms with Gasteiger partial charge in [-0.05, 0) is 53.6 Å². The number of benzene rings is 1. The molecule has 5 heteroatoms. The van der Waals surface area contributed by atoms with Gasteiger partial charge in [-0.3, -0.25) is 0 Å². The molecule has 0 aromatic heterocycles. The molecule has 1 saturated heterocycles. The van der Waals surface area contributed by atoms with E-state index in [2.05, 4.69) is 54.2 Å². The predicted octanol–water partition coefficient (Wildman–Crippen LogP) is 3.36. The van der Waals surface area contributed by atoms with Crippen molar-refractivity contribution in [2.24, 2.45) is 5.92 Å². The Hall–Kier alpha value is -0.810. The molecule has 1 fully saturated rings. The molecule has 0 amide bonds. The first-order chi connectivity index (χ1) is 8.84. The largest absolute Gasteiger partial charge is 0.466 e. The summed E-state index contributed by atoms with van der Waals surface area (Å²) < 4.78 is 7.33. The molecule has 1 aromatic carbocycles. The fraction of sp³-hybridized carbons (Fsp3) is 0.500. The fourth-order valence-corrected chi connectivity index (χ4v) is 3.96. The van der Waals surface area contributed by atoms with Gasteiger partial charge in [0.1, 0.15) is 5.75 Å². The first-order valence-corrected chi connectivity index (χ1v) is 7.58. The van der Waals surface area contributed by atoms with Crippen LogP contribution >= 0.6 is 28.1 Å². The third-order valence-corrected chi connectivity index (χ3v) is 5.44. The average Bonchev–Trinajstić information content (AvgIpc) is 2.34. The lowest BCUT2D eigenvalue weighted by Crippen LogP contribution is -2.67. The molecule has 0 aliphatic carbocycles. The molecule has 3 unspecified atom stereocenters. The van der Waals surface area contributed by atoms with E-state index in [0.29, 0.717) is 5.92 Å². The van der Waals surface area contributed by atoms with E-state index in [0.717, 1.165) is 15.3 Å². The number of hydrogen-bond donors (Lipinski definition) is 1. The van der Waals surface area contributed by atoms with Crippen LogP contribution in [0.2, 0.25) is 0 Å². The van der Waals surface area contributed by atoms with Crippen LogP contribution in [-0.2, 0) is 0 Å². The Bertz CT molecular complexity index is 577. The van der Waals surface area contributed by atoms with Crippen molar-refractivity contribution in [3.63, 3.8) is 0 Å². The summed E-state index contributed by atoms with van der Waals surface area (Å²) in [5.41, 5.74) is 2.00. The van der Waals surface area contributed by atoms with Crippen LogP contribution in [0, 0.1) is 12.8 Å². The highest BCUT2D eigenvalue weighted by atomic mass is 79.9. The highest BCUT2D eigenvalue weighted by Crippen LogP contribution is 2.50. The highest BCUT2D eigenvalue weighted by Gasteiger charge is 2.52. The Balaban J connectivity index is 2.22.